The summed E-state index contributed by atoms with van der Waals surface area (Å²) in [5.41, 5.74) is 0.634. The molecule has 0 saturated carbocycles. The lowest BCUT2D eigenvalue weighted by Gasteiger charge is -2.16. The Bertz CT molecular complexity index is 402. The smallest absolute Gasteiger partial charge is 0.465 e. The first-order valence-corrected chi connectivity index (χ1v) is 4.72. The molecule has 16 heavy (non-hydrogen) atoms. The third-order valence-electron chi connectivity index (χ3n) is 2.12. The second kappa shape index (κ2) is 4.59. The van der Waals surface area contributed by atoms with Crippen molar-refractivity contribution in [2.75, 3.05) is 7.11 Å². The molecule has 0 spiro atoms. The van der Waals surface area contributed by atoms with Crippen molar-refractivity contribution in [1.82, 2.24) is 0 Å². The Morgan fingerprint density at radius 2 is 2.00 bits per heavy atom. The third-order valence-corrected chi connectivity index (χ3v) is 2.12. The highest BCUT2D eigenvalue weighted by atomic mass is 19.4. The molecule has 6 heteroatoms. The SMILES string of the molecule is COC(=O)c1ccc(C)cc1C[B-](F)(F)F. The first kappa shape index (κ1) is 12.6. The summed E-state index contributed by atoms with van der Waals surface area (Å²) in [5, 5.41) is 0. The number of carbonyl (C=O) groups excluding carboxylic acids is 1. The lowest BCUT2D eigenvalue weighted by molar-refractivity contribution is 0.0600. The van der Waals surface area contributed by atoms with E-state index in [1.54, 1.807) is 13.0 Å². The molecule has 0 amide bonds. The summed E-state index contributed by atoms with van der Waals surface area (Å²) >= 11 is 0. The molecular weight excluding hydrogens is 220 g/mol. The minimum Gasteiger partial charge on any atom is -0.465 e. The summed E-state index contributed by atoms with van der Waals surface area (Å²) in [6.45, 7) is -3.28. The largest absolute Gasteiger partial charge is 0.482 e. The van der Waals surface area contributed by atoms with Crippen molar-refractivity contribution < 1.29 is 22.5 Å². The van der Waals surface area contributed by atoms with E-state index >= 15 is 0 Å². The van der Waals surface area contributed by atoms with Crippen molar-refractivity contribution in [2.45, 2.75) is 13.2 Å². The topological polar surface area (TPSA) is 26.3 Å². The molecule has 0 atom stereocenters. The number of aryl methyl sites for hydroxylation is 1. The van der Waals surface area contributed by atoms with Crippen LogP contribution in [0.5, 0.6) is 0 Å². The van der Waals surface area contributed by atoms with Gasteiger partial charge in [0.1, 0.15) is 0 Å². The van der Waals surface area contributed by atoms with Crippen LogP contribution < -0.4 is 0 Å². The number of halogens is 3. The fourth-order valence-corrected chi connectivity index (χ4v) is 1.45. The van der Waals surface area contributed by atoms with Crippen LogP contribution in [0.25, 0.3) is 0 Å². The van der Waals surface area contributed by atoms with Gasteiger partial charge in [-0.15, -0.1) is 0 Å². The quantitative estimate of drug-likeness (QED) is 0.590. The number of hydrogen-bond donors (Lipinski definition) is 0. The normalized spacial score (nSPS) is 11.3. The van der Waals surface area contributed by atoms with Crippen LogP contribution in [0.2, 0.25) is 0 Å². The average molecular weight is 231 g/mol. The number of esters is 1. The van der Waals surface area contributed by atoms with Gasteiger partial charge in [0.15, 0.2) is 0 Å². The zero-order valence-electron chi connectivity index (χ0n) is 8.97. The van der Waals surface area contributed by atoms with Gasteiger partial charge in [0.05, 0.1) is 12.7 Å². The van der Waals surface area contributed by atoms with Crippen LogP contribution in [-0.2, 0) is 11.1 Å². The first-order valence-electron chi connectivity index (χ1n) is 4.72. The minimum atomic E-state index is -4.96. The van der Waals surface area contributed by atoms with Gasteiger partial charge in [-0.1, -0.05) is 29.6 Å². The molecule has 1 rings (SSSR count). The Hall–Kier alpha value is -1.46. The van der Waals surface area contributed by atoms with Crippen LogP contribution in [0.3, 0.4) is 0 Å². The summed E-state index contributed by atoms with van der Waals surface area (Å²) < 4.78 is 41.4. The van der Waals surface area contributed by atoms with Crippen molar-refractivity contribution in [3.8, 4) is 0 Å². The fourth-order valence-electron chi connectivity index (χ4n) is 1.45. The summed E-state index contributed by atoms with van der Waals surface area (Å²) in [7, 11) is 1.14. The number of rotatable bonds is 3. The highest BCUT2D eigenvalue weighted by molar-refractivity contribution is 6.58. The molecule has 0 aromatic heterocycles. The zero-order chi connectivity index (χ0) is 12.3. The molecule has 0 saturated heterocycles. The van der Waals surface area contributed by atoms with E-state index < -0.39 is 19.3 Å². The van der Waals surface area contributed by atoms with Gasteiger partial charge in [-0.05, 0) is 13.0 Å². The maximum absolute atomic E-state index is 12.3. The van der Waals surface area contributed by atoms with Crippen molar-refractivity contribution in [1.29, 1.82) is 0 Å². The number of methoxy groups -OCH3 is 1. The van der Waals surface area contributed by atoms with Crippen molar-refractivity contribution in [2.24, 2.45) is 0 Å². The first-order chi connectivity index (χ1) is 7.33. The van der Waals surface area contributed by atoms with Gasteiger partial charge in [-0.2, -0.15) is 0 Å². The maximum atomic E-state index is 12.3. The molecule has 0 heterocycles. The van der Waals surface area contributed by atoms with Gasteiger partial charge in [0.2, 0.25) is 0 Å². The van der Waals surface area contributed by atoms with Crippen molar-refractivity contribution >= 4 is 12.9 Å². The summed E-state index contributed by atoms with van der Waals surface area (Å²) in [4.78, 5) is 11.2. The van der Waals surface area contributed by atoms with Gasteiger partial charge in [0.25, 0.3) is 0 Å². The average Bonchev–Trinajstić information content (AvgIpc) is 2.14. The Balaban J connectivity index is 3.13. The van der Waals surface area contributed by atoms with E-state index in [9.17, 15) is 17.7 Å². The summed E-state index contributed by atoms with van der Waals surface area (Å²) in [5.74, 6) is -0.741. The Kier molecular flexibility index (Phi) is 3.62. The fraction of sp³-hybridized carbons (Fsp3) is 0.300. The Morgan fingerprint density at radius 3 is 2.50 bits per heavy atom. The van der Waals surface area contributed by atoms with Crippen molar-refractivity contribution in [3.05, 3.63) is 34.9 Å². The van der Waals surface area contributed by atoms with Crippen LogP contribution in [0, 0.1) is 6.92 Å². The van der Waals surface area contributed by atoms with Crippen LogP contribution in [0.15, 0.2) is 18.2 Å². The molecule has 0 unspecified atom stereocenters. The summed E-state index contributed by atoms with van der Waals surface area (Å²) in [6, 6.07) is 4.30. The molecule has 0 radical (unpaired) electrons. The Morgan fingerprint density at radius 1 is 1.38 bits per heavy atom. The molecule has 0 aliphatic carbocycles. The van der Waals surface area contributed by atoms with E-state index in [1.807, 2.05) is 0 Å². The van der Waals surface area contributed by atoms with Crippen molar-refractivity contribution in [3.63, 3.8) is 0 Å². The van der Waals surface area contributed by atoms with Crippen LogP contribution in [0.1, 0.15) is 21.5 Å². The van der Waals surface area contributed by atoms with E-state index in [2.05, 4.69) is 4.74 Å². The highest BCUT2D eigenvalue weighted by Crippen LogP contribution is 2.21. The monoisotopic (exact) mass is 231 g/mol. The third kappa shape index (κ3) is 3.29. The zero-order valence-corrected chi connectivity index (χ0v) is 8.97. The van der Waals surface area contributed by atoms with Gasteiger partial charge in [-0.3, -0.25) is 0 Å². The number of hydrogen-bond acceptors (Lipinski definition) is 2. The van der Waals surface area contributed by atoms with Gasteiger partial charge >= 0.3 is 12.9 Å². The predicted molar refractivity (Wildman–Crippen MR) is 55.3 cm³/mol. The molecule has 1 aromatic carbocycles. The number of ether oxygens (including phenoxy) is 1. The number of benzene rings is 1. The second-order valence-corrected chi connectivity index (χ2v) is 3.57. The van der Waals surface area contributed by atoms with E-state index in [4.69, 9.17) is 0 Å². The molecule has 88 valence electrons. The second-order valence-electron chi connectivity index (χ2n) is 3.57. The molecule has 0 fully saturated rings. The standard InChI is InChI=1S/C10H11BF3O2/c1-7-3-4-9(10(15)16-2)8(5-7)6-11(12,13)14/h3-5H,6H2,1-2H3/q-1. The lowest BCUT2D eigenvalue weighted by atomic mass is 9.80. The van der Waals surface area contributed by atoms with E-state index in [0.717, 1.165) is 7.11 Å². The molecule has 0 aliphatic rings. The molecular formula is C10H11BF3O2-. The molecule has 0 aliphatic heterocycles. The highest BCUT2D eigenvalue weighted by Gasteiger charge is 2.26. The minimum absolute atomic E-state index is 0.0210. The van der Waals surface area contributed by atoms with Crippen LogP contribution in [0.4, 0.5) is 12.9 Å². The van der Waals surface area contributed by atoms with E-state index in [1.165, 1.54) is 12.1 Å². The Labute approximate surface area is 91.5 Å². The molecule has 0 bridgehead atoms. The van der Waals surface area contributed by atoms with Gasteiger partial charge < -0.3 is 17.7 Å². The molecule has 2 nitrogen and oxygen atoms in total. The summed E-state index contributed by atoms with van der Waals surface area (Å²) in [6.07, 6.45) is -1.06. The van der Waals surface area contributed by atoms with Crippen LogP contribution >= 0.6 is 0 Å². The lowest BCUT2D eigenvalue weighted by Crippen LogP contribution is -2.21. The van der Waals surface area contributed by atoms with Gasteiger partial charge in [0, 0.05) is 0 Å². The molecule has 0 N–H and O–H groups in total. The maximum Gasteiger partial charge on any atom is 0.482 e. The molecule has 1 aromatic rings. The predicted octanol–water partition coefficient (Wildman–Crippen LogP) is 2.71. The number of carbonyl (C=O) groups is 1. The van der Waals surface area contributed by atoms with E-state index in [0.29, 0.717) is 5.56 Å². The van der Waals surface area contributed by atoms with Gasteiger partial charge in [-0.25, -0.2) is 4.79 Å². The van der Waals surface area contributed by atoms with Crippen LogP contribution in [-0.4, -0.2) is 20.1 Å². The van der Waals surface area contributed by atoms with E-state index in [-0.39, 0.29) is 11.1 Å².